The van der Waals surface area contributed by atoms with Gasteiger partial charge in [0.2, 0.25) is 0 Å². The lowest BCUT2D eigenvalue weighted by Gasteiger charge is -2.35. The van der Waals surface area contributed by atoms with Crippen molar-refractivity contribution in [3.63, 3.8) is 0 Å². The van der Waals surface area contributed by atoms with E-state index in [0.717, 1.165) is 11.0 Å². The zero-order valence-electron chi connectivity index (χ0n) is 20.9. The van der Waals surface area contributed by atoms with Crippen LogP contribution in [0.25, 0.3) is 26.2 Å². The number of nitrogens with zero attached hydrogens (tertiary/aromatic N) is 5. The highest BCUT2D eigenvalue weighted by Crippen LogP contribution is 2.38. The van der Waals surface area contributed by atoms with Crippen LogP contribution in [0, 0.1) is 5.82 Å². The lowest BCUT2D eigenvalue weighted by Crippen LogP contribution is -2.51. The third kappa shape index (κ3) is 5.11. The Morgan fingerprint density at radius 2 is 2.05 bits per heavy atom. The molecule has 0 saturated carbocycles. The van der Waals surface area contributed by atoms with Crippen molar-refractivity contribution in [2.24, 2.45) is 0 Å². The van der Waals surface area contributed by atoms with Crippen LogP contribution in [0.3, 0.4) is 0 Å². The minimum absolute atomic E-state index is 0.0568. The number of hydrogen-bond acceptors (Lipinski definition) is 10. The zero-order chi connectivity index (χ0) is 26.5. The number of phenolic OH excluding ortho intramolecular Hbond substituents is 1. The lowest BCUT2D eigenvalue weighted by atomic mass is 10.2. The van der Waals surface area contributed by atoms with Gasteiger partial charge in [-0.05, 0) is 40.7 Å². The molecule has 4 aromatic rings. The summed E-state index contributed by atoms with van der Waals surface area (Å²) in [4.78, 5) is 19.6. The van der Waals surface area contributed by atoms with Gasteiger partial charge in [-0.25, -0.2) is 14.2 Å². The van der Waals surface area contributed by atoms with Crippen molar-refractivity contribution >= 4 is 33.7 Å². The number of phenols is 1. The van der Waals surface area contributed by atoms with Gasteiger partial charge in [0, 0.05) is 23.8 Å². The lowest BCUT2D eigenvalue weighted by molar-refractivity contribution is -0.0637. The van der Waals surface area contributed by atoms with Gasteiger partial charge in [0.05, 0.1) is 18.2 Å². The van der Waals surface area contributed by atoms with E-state index in [0.29, 0.717) is 15.7 Å². The summed E-state index contributed by atoms with van der Waals surface area (Å²) in [5, 5.41) is 21.7. The molecule has 1 aliphatic rings. The second kappa shape index (κ2) is 9.23. The summed E-state index contributed by atoms with van der Waals surface area (Å²) in [7, 11) is 0. The van der Waals surface area contributed by atoms with Crippen molar-refractivity contribution in [2.75, 3.05) is 13.2 Å². The van der Waals surface area contributed by atoms with E-state index in [2.05, 4.69) is 15.2 Å². The summed E-state index contributed by atoms with van der Waals surface area (Å²) in [6.45, 7) is 8.97. The number of carbonyl (C=O) groups is 1. The fourth-order valence-corrected chi connectivity index (χ4v) is 5.49. The van der Waals surface area contributed by atoms with Gasteiger partial charge in [-0.3, -0.25) is 9.30 Å². The van der Waals surface area contributed by atoms with Gasteiger partial charge in [-0.1, -0.05) is 11.3 Å². The zero-order valence-corrected chi connectivity index (χ0v) is 22.5. The largest absolute Gasteiger partial charge is 0.507 e. The van der Waals surface area contributed by atoms with E-state index in [1.165, 1.54) is 33.6 Å². The average Bonchev–Trinajstić information content (AvgIpc) is 3.55. The average molecular weight is 548 g/mol. The molecule has 5 rings (SSSR count). The highest BCUT2D eigenvalue weighted by atomic mass is 32.1. The second-order valence-electron chi connectivity index (χ2n) is 10.0. The number of carbonyl (C=O) groups excluding carboxylic acids is 1. The van der Waals surface area contributed by atoms with Gasteiger partial charge in [-0.15, -0.1) is 21.5 Å². The maximum atomic E-state index is 15.0. The summed E-state index contributed by atoms with van der Waals surface area (Å²) in [5.41, 5.74) is -0.768. The minimum atomic E-state index is -0.916. The van der Waals surface area contributed by atoms with Crippen molar-refractivity contribution in [3.8, 4) is 32.8 Å². The molecule has 0 bridgehead atoms. The number of aromatic hydroxyl groups is 1. The molecule has 1 aliphatic heterocycles. The summed E-state index contributed by atoms with van der Waals surface area (Å²) >= 11 is 2.69. The summed E-state index contributed by atoms with van der Waals surface area (Å²) in [6, 6.07) is 1.83. The summed E-state index contributed by atoms with van der Waals surface area (Å²) in [5.74, 6) is -1.06. The Morgan fingerprint density at radius 3 is 2.78 bits per heavy atom. The van der Waals surface area contributed by atoms with Gasteiger partial charge in [-0.2, -0.15) is 0 Å². The molecule has 1 fully saturated rings. The molecule has 0 radical (unpaired) electrons. The highest BCUT2D eigenvalue weighted by molar-refractivity contribution is 7.18. The van der Waals surface area contributed by atoms with E-state index in [4.69, 9.17) is 14.2 Å². The van der Waals surface area contributed by atoms with Crippen molar-refractivity contribution in [3.05, 3.63) is 35.7 Å². The standard InChI is InChI=1S/C24H26FN5O5S2/c1-23(2,3)35-22(32)30-13(12-34-24(30,4)5)11-33-18-9-17(31)14(8-15(18)25)19-27-28-20(37-19)16-10-29-6-7-36-21(29)26-16/h6-10,13,31H,11-12H2,1-5H3. The van der Waals surface area contributed by atoms with Crippen LogP contribution in [-0.4, -0.2) is 66.3 Å². The number of benzene rings is 1. The Morgan fingerprint density at radius 1 is 1.30 bits per heavy atom. The molecule has 13 heteroatoms. The minimum Gasteiger partial charge on any atom is -0.507 e. The predicted octanol–water partition coefficient (Wildman–Crippen LogP) is 5.18. The van der Waals surface area contributed by atoms with Crippen LogP contribution in [0.1, 0.15) is 34.6 Å². The van der Waals surface area contributed by atoms with Gasteiger partial charge in [0.15, 0.2) is 26.5 Å². The fourth-order valence-electron chi connectivity index (χ4n) is 3.96. The van der Waals surface area contributed by atoms with Crippen LogP contribution in [0.4, 0.5) is 9.18 Å². The van der Waals surface area contributed by atoms with Crippen LogP contribution >= 0.6 is 22.7 Å². The third-order valence-corrected chi connectivity index (χ3v) is 7.36. The third-order valence-electron chi connectivity index (χ3n) is 5.61. The van der Waals surface area contributed by atoms with E-state index in [9.17, 15) is 9.90 Å². The number of hydrogen-bond donors (Lipinski definition) is 1. The van der Waals surface area contributed by atoms with Crippen LogP contribution < -0.4 is 4.74 Å². The molecule has 1 amide bonds. The smallest absolute Gasteiger partial charge is 0.413 e. The van der Waals surface area contributed by atoms with E-state index in [-0.39, 0.29) is 30.3 Å². The SMILES string of the molecule is CC(C)(C)OC(=O)N1C(COc2cc(O)c(-c3nnc(-c4cn5ccsc5n4)s3)cc2F)COC1(C)C. The number of aromatic nitrogens is 4. The van der Waals surface area contributed by atoms with Gasteiger partial charge in [0.25, 0.3) is 0 Å². The summed E-state index contributed by atoms with van der Waals surface area (Å²) in [6.07, 6.45) is 3.18. The van der Waals surface area contributed by atoms with Crippen LogP contribution in [0.2, 0.25) is 0 Å². The monoisotopic (exact) mass is 547 g/mol. The van der Waals surface area contributed by atoms with Crippen LogP contribution in [0.5, 0.6) is 11.5 Å². The number of ether oxygens (including phenoxy) is 3. The quantitative estimate of drug-likeness (QED) is 0.364. The molecular weight excluding hydrogens is 521 g/mol. The molecule has 3 aromatic heterocycles. The first-order valence-electron chi connectivity index (χ1n) is 11.5. The van der Waals surface area contributed by atoms with E-state index in [1.54, 1.807) is 34.6 Å². The predicted molar refractivity (Wildman–Crippen MR) is 136 cm³/mol. The number of fused-ring (bicyclic) bond motifs is 1. The Hall–Kier alpha value is -3.29. The Bertz CT molecular complexity index is 1430. The first-order valence-corrected chi connectivity index (χ1v) is 13.2. The van der Waals surface area contributed by atoms with Gasteiger partial charge in [0.1, 0.15) is 29.4 Å². The number of halogens is 1. The van der Waals surface area contributed by atoms with E-state index < -0.39 is 29.3 Å². The molecule has 1 unspecified atom stereocenters. The molecule has 1 atom stereocenters. The molecule has 1 N–H and O–H groups in total. The molecule has 0 spiro atoms. The highest BCUT2D eigenvalue weighted by Gasteiger charge is 2.46. The van der Waals surface area contributed by atoms with E-state index in [1.807, 2.05) is 22.2 Å². The number of thiazole rings is 1. The molecule has 196 valence electrons. The molecule has 4 heterocycles. The van der Waals surface area contributed by atoms with E-state index >= 15 is 4.39 Å². The summed E-state index contributed by atoms with van der Waals surface area (Å²) < 4.78 is 33.9. The number of amides is 1. The normalized spacial score (nSPS) is 17.5. The number of imidazole rings is 1. The molecule has 1 saturated heterocycles. The van der Waals surface area contributed by atoms with Crippen molar-refractivity contribution < 1.29 is 28.5 Å². The van der Waals surface area contributed by atoms with Crippen molar-refractivity contribution in [1.82, 2.24) is 24.5 Å². The van der Waals surface area contributed by atoms with Gasteiger partial charge < -0.3 is 19.3 Å². The topological polar surface area (TPSA) is 111 Å². The molecule has 1 aromatic carbocycles. The first kappa shape index (κ1) is 25.4. The fraction of sp³-hybridized carbons (Fsp3) is 0.417. The second-order valence-corrected chi connectivity index (χ2v) is 11.9. The Labute approximate surface area is 220 Å². The van der Waals surface area contributed by atoms with Crippen LogP contribution in [0.15, 0.2) is 29.9 Å². The molecule has 10 nitrogen and oxygen atoms in total. The molecule has 37 heavy (non-hydrogen) atoms. The van der Waals surface area contributed by atoms with Crippen LogP contribution in [-0.2, 0) is 9.47 Å². The molecule has 0 aliphatic carbocycles. The Balaban J connectivity index is 1.31. The van der Waals surface area contributed by atoms with Gasteiger partial charge >= 0.3 is 6.09 Å². The first-order chi connectivity index (χ1) is 17.4. The maximum Gasteiger partial charge on any atom is 0.413 e. The Kier molecular flexibility index (Phi) is 6.32. The molecular formula is C24H26FN5O5S2. The maximum absolute atomic E-state index is 15.0. The van der Waals surface area contributed by atoms with Crippen molar-refractivity contribution in [2.45, 2.75) is 52.0 Å². The number of rotatable bonds is 5. The van der Waals surface area contributed by atoms with Crippen molar-refractivity contribution in [1.29, 1.82) is 0 Å².